The molecule has 2 aliphatic heterocycles. The number of carbonyl (C=O) groups excluding carboxylic acids is 1. The van der Waals surface area contributed by atoms with Crippen LogP contribution >= 0.6 is 0 Å². The molecule has 2 aliphatic carbocycles. The minimum atomic E-state index is -0.928. The maximum Gasteiger partial charge on any atom is 0.140 e. The molecule has 1 spiro atoms. The van der Waals surface area contributed by atoms with Crippen molar-refractivity contribution in [2.45, 2.75) is 50.9 Å². The van der Waals surface area contributed by atoms with Crippen LogP contribution in [0.5, 0.6) is 0 Å². The number of ketones is 1. The van der Waals surface area contributed by atoms with Crippen LogP contribution in [0.15, 0.2) is 11.6 Å². The first-order valence-corrected chi connectivity index (χ1v) is 7.90. The van der Waals surface area contributed by atoms with Gasteiger partial charge in [0.05, 0.1) is 6.10 Å². The van der Waals surface area contributed by atoms with E-state index in [0.717, 1.165) is 37.9 Å². The summed E-state index contributed by atoms with van der Waals surface area (Å²) in [5.41, 5.74) is -0.471. The van der Waals surface area contributed by atoms with Crippen LogP contribution in [0, 0.1) is 17.3 Å². The highest BCUT2D eigenvalue weighted by Crippen LogP contribution is 2.65. The molecule has 2 bridgehead atoms. The van der Waals surface area contributed by atoms with E-state index in [4.69, 9.17) is 0 Å². The molecule has 2 N–H and O–H groups in total. The van der Waals surface area contributed by atoms with Crippen LogP contribution in [0.4, 0.5) is 0 Å². The van der Waals surface area contributed by atoms with Crippen LogP contribution in [0.3, 0.4) is 0 Å². The number of piperidine rings is 1. The van der Waals surface area contributed by atoms with Crippen LogP contribution in [-0.4, -0.2) is 45.8 Å². The van der Waals surface area contributed by atoms with E-state index in [0.29, 0.717) is 12.8 Å². The Morgan fingerprint density at radius 2 is 2.20 bits per heavy atom. The molecular weight excluding hydrogens is 254 g/mol. The molecule has 110 valence electrons. The average molecular weight is 277 g/mol. The zero-order valence-electron chi connectivity index (χ0n) is 12.0. The van der Waals surface area contributed by atoms with Gasteiger partial charge in [-0.05, 0) is 31.3 Å². The monoisotopic (exact) mass is 277 g/mol. The third kappa shape index (κ3) is 1.26. The molecule has 20 heavy (non-hydrogen) atoms. The Morgan fingerprint density at radius 1 is 1.40 bits per heavy atom. The molecule has 2 saturated carbocycles. The maximum absolute atomic E-state index is 12.7. The molecule has 4 nitrogen and oxygen atoms in total. The lowest BCUT2D eigenvalue weighted by molar-refractivity contribution is -0.236. The fourth-order valence-corrected chi connectivity index (χ4v) is 5.63. The summed E-state index contributed by atoms with van der Waals surface area (Å²) in [5.74, 6) is -0.0531. The highest BCUT2D eigenvalue weighted by molar-refractivity contribution is 5.87. The average Bonchev–Trinajstić information content (AvgIpc) is 2.67. The van der Waals surface area contributed by atoms with Crippen LogP contribution in [-0.2, 0) is 4.79 Å². The van der Waals surface area contributed by atoms with Crippen molar-refractivity contribution >= 4 is 5.78 Å². The van der Waals surface area contributed by atoms with Gasteiger partial charge in [0.2, 0.25) is 0 Å². The quantitative estimate of drug-likeness (QED) is 0.650. The van der Waals surface area contributed by atoms with Crippen molar-refractivity contribution in [2.24, 2.45) is 17.3 Å². The summed E-state index contributed by atoms with van der Waals surface area (Å²) in [5, 5.41) is 22.0. The smallest absolute Gasteiger partial charge is 0.140 e. The van der Waals surface area contributed by atoms with E-state index in [-0.39, 0.29) is 17.6 Å². The molecule has 3 fully saturated rings. The van der Waals surface area contributed by atoms with Gasteiger partial charge in [0.15, 0.2) is 0 Å². The third-order valence-corrected chi connectivity index (χ3v) is 6.35. The molecule has 6 unspecified atom stereocenters. The first kappa shape index (κ1) is 13.0. The highest BCUT2D eigenvalue weighted by Gasteiger charge is 2.70. The van der Waals surface area contributed by atoms with Gasteiger partial charge in [-0.3, -0.25) is 9.69 Å². The second-order valence-corrected chi connectivity index (χ2v) is 7.14. The summed E-state index contributed by atoms with van der Waals surface area (Å²) >= 11 is 0. The van der Waals surface area contributed by atoms with Crippen molar-refractivity contribution in [2.75, 3.05) is 13.1 Å². The lowest BCUT2D eigenvalue weighted by Crippen LogP contribution is -2.69. The van der Waals surface area contributed by atoms with Gasteiger partial charge < -0.3 is 10.2 Å². The predicted octanol–water partition coefficient (Wildman–Crippen LogP) is 1.08. The molecule has 0 radical (unpaired) electrons. The molecule has 0 aromatic rings. The number of Topliss-reactive ketones (excluding diaryl/α,β-unsaturated/α-hetero) is 1. The van der Waals surface area contributed by atoms with Crippen molar-refractivity contribution in [3.8, 4) is 0 Å². The van der Waals surface area contributed by atoms with Crippen LogP contribution in [0.2, 0.25) is 0 Å². The lowest BCUT2D eigenvalue weighted by Gasteiger charge is -2.60. The van der Waals surface area contributed by atoms with E-state index < -0.39 is 17.2 Å². The van der Waals surface area contributed by atoms with Crippen molar-refractivity contribution < 1.29 is 15.0 Å². The summed E-state index contributed by atoms with van der Waals surface area (Å²) in [6, 6.07) is 0. The number of hydrogen-bond acceptors (Lipinski definition) is 4. The fourth-order valence-electron chi connectivity index (χ4n) is 5.63. The molecule has 0 amide bonds. The van der Waals surface area contributed by atoms with Crippen molar-refractivity contribution in [3.05, 3.63) is 11.6 Å². The first-order valence-electron chi connectivity index (χ1n) is 7.90. The first-order chi connectivity index (χ1) is 9.50. The molecule has 0 aromatic carbocycles. The molecule has 0 aromatic heterocycles. The summed E-state index contributed by atoms with van der Waals surface area (Å²) < 4.78 is 0. The SMILES string of the molecule is CC1CC2(O)N3CCC=C4C(O)CC(C1=O)C42CCC3. The molecule has 1 saturated heterocycles. The summed E-state index contributed by atoms with van der Waals surface area (Å²) in [7, 11) is 0. The Morgan fingerprint density at radius 3 is 3.00 bits per heavy atom. The van der Waals surface area contributed by atoms with E-state index in [2.05, 4.69) is 11.0 Å². The second-order valence-electron chi connectivity index (χ2n) is 7.14. The Bertz CT molecular complexity index is 502. The Kier molecular flexibility index (Phi) is 2.55. The lowest BCUT2D eigenvalue weighted by atomic mass is 9.54. The molecule has 4 aliphatic rings. The molecule has 4 heteroatoms. The zero-order chi connectivity index (χ0) is 14.1. The third-order valence-electron chi connectivity index (χ3n) is 6.35. The van der Waals surface area contributed by atoms with Gasteiger partial charge in [-0.1, -0.05) is 13.0 Å². The van der Waals surface area contributed by atoms with Gasteiger partial charge in [-0.25, -0.2) is 0 Å². The minimum absolute atomic E-state index is 0.108. The van der Waals surface area contributed by atoms with Gasteiger partial charge in [0.25, 0.3) is 0 Å². The van der Waals surface area contributed by atoms with Crippen molar-refractivity contribution in [1.82, 2.24) is 4.90 Å². The highest BCUT2D eigenvalue weighted by atomic mass is 16.3. The Labute approximate surface area is 119 Å². The summed E-state index contributed by atoms with van der Waals surface area (Å²) in [6.07, 6.45) is 5.31. The van der Waals surface area contributed by atoms with Crippen molar-refractivity contribution in [1.29, 1.82) is 0 Å². The molecule has 4 rings (SSSR count). The predicted molar refractivity (Wildman–Crippen MR) is 73.8 cm³/mol. The second kappa shape index (κ2) is 3.93. The number of carbonyl (C=O) groups is 1. The Hall–Kier alpha value is -0.710. The summed E-state index contributed by atoms with van der Waals surface area (Å²) in [4.78, 5) is 14.9. The number of rotatable bonds is 0. The number of aliphatic hydroxyl groups is 2. The van der Waals surface area contributed by atoms with Gasteiger partial charge in [0.1, 0.15) is 11.5 Å². The minimum Gasteiger partial charge on any atom is -0.389 e. The Balaban J connectivity index is 1.96. The maximum atomic E-state index is 12.7. The number of aliphatic hydroxyl groups excluding tert-OH is 1. The van der Waals surface area contributed by atoms with E-state index in [1.165, 1.54) is 0 Å². The van der Waals surface area contributed by atoms with E-state index >= 15 is 0 Å². The van der Waals surface area contributed by atoms with Crippen LogP contribution in [0.25, 0.3) is 0 Å². The van der Waals surface area contributed by atoms with Gasteiger partial charge >= 0.3 is 0 Å². The fraction of sp³-hybridized carbons (Fsp3) is 0.812. The normalized spacial score (nSPS) is 54.1. The van der Waals surface area contributed by atoms with E-state index in [1.807, 2.05) is 6.92 Å². The van der Waals surface area contributed by atoms with Gasteiger partial charge in [0, 0.05) is 36.8 Å². The number of nitrogens with zero attached hydrogens (tertiary/aromatic N) is 1. The summed E-state index contributed by atoms with van der Waals surface area (Å²) in [6.45, 7) is 3.67. The van der Waals surface area contributed by atoms with Crippen LogP contribution in [0.1, 0.15) is 39.0 Å². The van der Waals surface area contributed by atoms with Gasteiger partial charge in [-0.2, -0.15) is 0 Å². The van der Waals surface area contributed by atoms with E-state index in [9.17, 15) is 15.0 Å². The number of hydrogen-bond donors (Lipinski definition) is 2. The standard InChI is InChI=1S/C16H23NO3/c1-10-9-16(20)15-5-3-7-17(16)6-2-4-11(15)13(18)8-12(15)14(10)19/h4,10,12-13,18,20H,2-3,5-9H2,1H3. The molecular formula is C16H23NO3. The van der Waals surface area contributed by atoms with E-state index in [1.54, 1.807) is 0 Å². The largest absolute Gasteiger partial charge is 0.389 e. The van der Waals surface area contributed by atoms with Crippen LogP contribution < -0.4 is 0 Å². The molecule has 6 atom stereocenters. The van der Waals surface area contributed by atoms with Gasteiger partial charge in [-0.15, -0.1) is 0 Å². The zero-order valence-corrected chi connectivity index (χ0v) is 12.0. The molecule has 2 heterocycles. The van der Waals surface area contributed by atoms with Crippen molar-refractivity contribution in [3.63, 3.8) is 0 Å². The topological polar surface area (TPSA) is 60.8 Å².